The molecular formula is C10H8F3NS. The number of fused-ring (bicyclic) bond motifs is 1. The maximum absolute atomic E-state index is 12.4. The zero-order valence-corrected chi connectivity index (χ0v) is 8.75. The Morgan fingerprint density at radius 3 is 2.73 bits per heavy atom. The van der Waals surface area contributed by atoms with Crippen LogP contribution in [0.5, 0.6) is 0 Å². The normalized spacial score (nSPS) is 15.9. The first-order chi connectivity index (χ1) is 6.97. The number of rotatable bonds is 0. The third-order valence-corrected chi connectivity index (χ3v) is 3.08. The molecule has 0 saturated carbocycles. The van der Waals surface area contributed by atoms with Crippen LogP contribution in [0.25, 0.3) is 12.2 Å². The van der Waals surface area contributed by atoms with Gasteiger partial charge >= 0.3 is 6.18 Å². The summed E-state index contributed by atoms with van der Waals surface area (Å²) in [6.45, 7) is 1.84. The van der Waals surface area contributed by atoms with Crippen molar-refractivity contribution in [2.45, 2.75) is 19.5 Å². The lowest BCUT2D eigenvalue weighted by molar-refractivity contribution is -0.0924. The van der Waals surface area contributed by atoms with E-state index in [0.717, 1.165) is 15.6 Å². The van der Waals surface area contributed by atoms with Crippen molar-refractivity contribution >= 4 is 23.5 Å². The lowest BCUT2D eigenvalue weighted by Crippen LogP contribution is -2.19. The van der Waals surface area contributed by atoms with Crippen LogP contribution in [0.2, 0.25) is 0 Å². The first-order valence-corrected chi connectivity index (χ1v) is 5.20. The molecule has 1 aromatic heterocycles. The Morgan fingerprint density at radius 1 is 1.33 bits per heavy atom. The second kappa shape index (κ2) is 3.48. The molecule has 1 heterocycles. The predicted molar refractivity (Wildman–Crippen MR) is 53.8 cm³/mol. The molecule has 0 saturated heterocycles. The monoisotopic (exact) mass is 231 g/mol. The van der Waals surface area contributed by atoms with Gasteiger partial charge in [0.05, 0.1) is 14.9 Å². The van der Waals surface area contributed by atoms with Crippen LogP contribution in [0.3, 0.4) is 0 Å². The van der Waals surface area contributed by atoms with Gasteiger partial charge in [-0.1, -0.05) is 12.2 Å². The molecule has 0 unspecified atom stereocenters. The van der Waals surface area contributed by atoms with Gasteiger partial charge in [-0.2, -0.15) is 13.2 Å². The number of hydrogen-bond donors (Lipinski definition) is 0. The zero-order chi connectivity index (χ0) is 11.1. The predicted octanol–water partition coefficient (Wildman–Crippen LogP) is 1.90. The van der Waals surface area contributed by atoms with Crippen molar-refractivity contribution in [1.82, 2.24) is 4.98 Å². The van der Waals surface area contributed by atoms with Crippen LogP contribution in [0.15, 0.2) is 11.6 Å². The Bertz CT molecular complexity index is 522. The van der Waals surface area contributed by atoms with E-state index in [0.29, 0.717) is 5.35 Å². The van der Waals surface area contributed by atoms with Gasteiger partial charge in [-0.25, -0.2) is 4.98 Å². The lowest BCUT2D eigenvalue weighted by atomic mass is 10.2. The molecule has 0 N–H and O–H groups in total. The van der Waals surface area contributed by atoms with E-state index in [2.05, 4.69) is 4.98 Å². The van der Waals surface area contributed by atoms with Crippen LogP contribution in [-0.2, 0) is 0 Å². The summed E-state index contributed by atoms with van der Waals surface area (Å²) in [6.07, 6.45) is -0.180. The molecular weight excluding hydrogens is 223 g/mol. The highest BCUT2D eigenvalue weighted by Gasteiger charge is 2.32. The Hall–Kier alpha value is -1.10. The SMILES string of the molecule is Cc1nc2c(s1)=CCC(C(F)(F)F)=CC=2. The molecule has 0 bridgehead atoms. The summed E-state index contributed by atoms with van der Waals surface area (Å²) in [5.41, 5.74) is -0.523. The Morgan fingerprint density at radius 2 is 2.07 bits per heavy atom. The Labute approximate surface area is 88.3 Å². The Kier molecular flexibility index (Phi) is 2.42. The summed E-state index contributed by atoms with van der Waals surface area (Å²) >= 11 is 1.42. The fraction of sp³-hybridized carbons (Fsp3) is 0.300. The van der Waals surface area contributed by atoms with E-state index < -0.39 is 11.7 Å². The van der Waals surface area contributed by atoms with Gasteiger partial charge < -0.3 is 0 Å². The molecule has 15 heavy (non-hydrogen) atoms. The first kappa shape index (κ1) is 10.4. The highest BCUT2D eigenvalue weighted by Crippen LogP contribution is 2.28. The molecule has 0 aliphatic heterocycles. The van der Waals surface area contributed by atoms with Crippen molar-refractivity contribution in [2.24, 2.45) is 0 Å². The third kappa shape index (κ3) is 2.12. The fourth-order valence-corrected chi connectivity index (χ4v) is 2.23. The molecule has 1 aromatic rings. The number of hydrogen-bond acceptors (Lipinski definition) is 2. The highest BCUT2D eigenvalue weighted by molar-refractivity contribution is 7.09. The molecule has 1 nitrogen and oxygen atoms in total. The van der Waals surface area contributed by atoms with E-state index in [4.69, 9.17) is 0 Å². The van der Waals surface area contributed by atoms with Gasteiger partial charge in [0, 0.05) is 5.57 Å². The standard InChI is InChI=1S/C10H8F3NS/c1-6-14-8-4-2-7(10(11,12)13)3-5-9(8)15-6/h2,4-5H,3H2,1H3. The quantitative estimate of drug-likeness (QED) is 0.664. The molecule has 0 aromatic carbocycles. The number of nitrogens with zero attached hydrogens (tertiary/aromatic N) is 1. The van der Waals surface area contributed by atoms with Crippen LogP contribution in [-0.4, -0.2) is 11.2 Å². The van der Waals surface area contributed by atoms with Crippen LogP contribution in [0.4, 0.5) is 13.2 Å². The molecule has 2 rings (SSSR count). The van der Waals surface area contributed by atoms with Gasteiger partial charge in [-0.05, 0) is 19.4 Å². The summed E-state index contributed by atoms with van der Waals surface area (Å²) in [4.78, 5) is 4.15. The van der Waals surface area contributed by atoms with E-state index in [1.807, 2.05) is 6.92 Å². The summed E-state index contributed by atoms with van der Waals surface area (Å²) in [7, 11) is 0. The van der Waals surface area contributed by atoms with Crippen molar-refractivity contribution in [1.29, 1.82) is 0 Å². The maximum Gasteiger partial charge on any atom is 0.412 e. The fourth-order valence-electron chi connectivity index (χ4n) is 1.39. The minimum absolute atomic E-state index is 0.0748. The summed E-state index contributed by atoms with van der Waals surface area (Å²) < 4.78 is 38.0. The van der Waals surface area contributed by atoms with Crippen LogP contribution >= 0.6 is 11.3 Å². The van der Waals surface area contributed by atoms with E-state index in [1.165, 1.54) is 17.4 Å². The van der Waals surface area contributed by atoms with Crippen molar-refractivity contribution < 1.29 is 13.2 Å². The number of alkyl halides is 3. The maximum atomic E-state index is 12.4. The van der Waals surface area contributed by atoms with E-state index in [9.17, 15) is 13.2 Å². The number of halogens is 3. The highest BCUT2D eigenvalue weighted by atomic mass is 32.1. The van der Waals surface area contributed by atoms with Gasteiger partial charge in [0.2, 0.25) is 0 Å². The van der Waals surface area contributed by atoms with E-state index >= 15 is 0 Å². The van der Waals surface area contributed by atoms with E-state index in [-0.39, 0.29) is 6.42 Å². The number of aryl methyl sites for hydroxylation is 1. The minimum atomic E-state index is -4.24. The van der Waals surface area contributed by atoms with Crippen molar-refractivity contribution in [3.05, 3.63) is 26.5 Å². The molecule has 0 atom stereocenters. The Balaban J connectivity index is 2.51. The second-order valence-electron chi connectivity index (χ2n) is 3.25. The molecule has 80 valence electrons. The van der Waals surface area contributed by atoms with Crippen LogP contribution < -0.4 is 9.88 Å². The van der Waals surface area contributed by atoms with Gasteiger partial charge in [-0.3, -0.25) is 0 Å². The molecule has 0 radical (unpaired) electrons. The molecule has 5 heteroatoms. The van der Waals surface area contributed by atoms with Crippen molar-refractivity contribution in [2.75, 3.05) is 0 Å². The van der Waals surface area contributed by atoms with Gasteiger partial charge in [0.1, 0.15) is 0 Å². The molecule has 0 spiro atoms. The van der Waals surface area contributed by atoms with Crippen molar-refractivity contribution in [3.63, 3.8) is 0 Å². The zero-order valence-electron chi connectivity index (χ0n) is 7.93. The van der Waals surface area contributed by atoms with Crippen LogP contribution in [0, 0.1) is 6.92 Å². The average Bonchev–Trinajstić information content (AvgIpc) is 2.32. The minimum Gasteiger partial charge on any atom is -0.242 e. The lowest BCUT2D eigenvalue weighted by Gasteiger charge is -2.07. The molecule has 1 aliphatic rings. The summed E-state index contributed by atoms with van der Waals surface area (Å²) in [5, 5.41) is 1.51. The van der Waals surface area contributed by atoms with Gasteiger partial charge in [0.15, 0.2) is 0 Å². The van der Waals surface area contributed by atoms with Crippen molar-refractivity contribution in [3.8, 4) is 0 Å². The average molecular weight is 231 g/mol. The number of thiazole rings is 1. The molecule has 0 amide bonds. The topological polar surface area (TPSA) is 12.9 Å². The summed E-state index contributed by atoms with van der Waals surface area (Å²) in [5.74, 6) is 0. The first-order valence-electron chi connectivity index (χ1n) is 4.38. The molecule has 1 aliphatic carbocycles. The number of aromatic nitrogens is 1. The number of allylic oxidation sites excluding steroid dienone is 2. The smallest absolute Gasteiger partial charge is 0.242 e. The van der Waals surface area contributed by atoms with E-state index in [1.54, 1.807) is 6.08 Å². The van der Waals surface area contributed by atoms with Gasteiger partial charge in [0.25, 0.3) is 0 Å². The largest absolute Gasteiger partial charge is 0.412 e. The molecule has 0 fully saturated rings. The second-order valence-corrected chi connectivity index (χ2v) is 4.48. The third-order valence-electron chi connectivity index (χ3n) is 2.10. The van der Waals surface area contributed by atoms with Crippen LogP contribution in [0.1, 0.15) is 11.4 Å². The van der Waals surface area contributed by atoms with Gasteiger partial charge in [-0.15, -0.1) is 11.3 Å². The summed E-state index contributed by atoms with van der Waals surface area (Å²) in [6, 6.07) is 0.